The molecule has 0 saturated heterocycles. The maximum atomic E-state index is 9.99. The molecule has 0 radical (unpaired) electrons. The number of nitrogens with zero attached hydrogens (tertiary/aromatic N) is 1. The SMILES string of the molecule is CCCCCCCCOS(=O)(=O)[O-].CCCCc1[nH]cc[n+]1C. The first-order valence-corrected chi connectivity index (χ1v) is 9.86. The summed E-state index contributed by atoms with van der Waals surface area (Å²) in [6.07, 6.45) is 13.9. The lowest BCUT2D eigenvalue weighted by Crippen LogP contribution is -2.30. The summed E-state index contributed by atoms with van der Waals surface area (Å²) in [4.78, 5) is 3.20. The van der Waals surface area contributed by atoms with Gasteiger partial charge >= 0.3 is 0 Å². The van der Waals surface area contributed by atoms with Crippen molar-refractivity contribution in [2.45, 2.75) is 71.6 Å². The number of aryl methyl sites for hydroxylation is 2. The molecule has 0 fully saturated rings. The van der Waals surface area contributed by atoms with Crippen LogP contribution in [0.1, 0.15) is 71.0 Å². The van der Waals surface area contributed by atoms with Crippen LogP contribution in [-0.4, -0.2) is 24.6 Å². The average Bonchev–Trinajstić information content (AvgIpc) is 2.89. The van der Waals surface area contributed by atoms with E-state index in [0.717, 1.165) is 12.8 Å². The number of nitrogens with one attached hydrogen (secondary N) is 1. The molecule has 1 rings (SSSR count). The van der Waals surface area contributed by atoms with E-state index in [1.54, 1.807) is 0 Å². The molecule has 0 atom stereocenters. The quantitative estimate of drug-likeness (QED) is 0.288. The maximum absolute atomic E-state index is 9.99. The van der Waals surface area contributed by atoms with Gasteiger partial charge in [0.25, 0.3) is 5.82 Å². The number of hydrogen-bond acceptors (Lipinski definition) is 4. The molecule has 1 N–H and O–H groups in total. The molecule has 0 aliphatic heterocycles. The van der Waals surface area contributed by atoms with E-state index in [-0.39, 0.29) is 6.61 Å². The van der Waals surface area contributed by atoms with Gasteiger partial charge in [-0.2, -0.15) is 0 Å². The average molecular weight is 349 g/mol. The van der Waals surface area contributed by atoms with Crippen molar-refractivity contribution >= 4 is 10.4 Å². The highest BCUT2D eigenvalue weighted by Gasteiger charge is 2.03. The van der Waals surface area contributed by atoms with Gasteiger partial charge in [-0.25, -0.2) is 18.0 Å². The minimum Gasteiger partial charge on any atom is -0.726 e. The Morgan fingerprint density at radius 3 is 2.22 bits per heavy atom. The van der Waals surface area contributed by atoms with Gasteiger partial charge in [-0.3, -0.25) is 4.18 Å². The number of H-pyrrole nitrogens is 1. The standard InChI is InChI=1S/C8H14N2.C8H18O4S/c1-3-4-5-8-9-6-7-10(8)2;1-2-3-4-5-6-7-8-12-13(9,10)11/h6-7H,3-5H2,1-2H3;2-8H2,1H3,(H,9,10,11). The van der Waals surface area contributed by atoms with Crippen molar-refractivity contribution < 1.29 is 21.7 Å². The van der Waals surface area contributed by atoms with Crippen molar-refractivity contribution in [1.82, 2.24) is 4.98 Å². The molecular weight excluding hydrogens is 316 g/mol. The van der Waals surface area contributed by atoms with Crippen LogP contribution in [0.15, 0.2) is 12.4 Å². The molecule has 0 aromatic carbocycles. The van der Waals surface area contributed by atoms with E-state index in [1.807, 2.05) is 12.4 Å². The second kappa shape index (κ2) is 13.5. The second-order valence-corrected chi connectivity index (χ2v) is 6.67. The highest BCUT2D eigenvalue weighted by atomic mass is 32.3. The first-order valence-electron chi connectivity index (χ1n) is 8.52. The Kier molecular flexibility index (Phi) is 13.0. The molecule has 1 aromatic rings. The van der Waals surface area contributed by atoms with Gasteiger partial charge in [0.1, 0.15) is 12.4 Å². The van der Waals surface area contributed by atoms with Crippen LogP contribution in [0.4, 0.5) is 0 Å². The first kappa shape index (κ1) is 22.1. The van der Waals surface area contributed by atoms with Gasteiger partial charge in [0, 0.05) is 6.42 Å². The van der Waals surface area contributed by atoms with Crippen LogP contribution in [0.3, 0.4) is 0 Å². The molecule has 0 amide bonds. The zero-order valence-corrected chi connectivity index (χ0v) is 15.5. The largest absolute Gasteiger partial charge is 0.726 e. The summed E-state index contributed by atoms with van der Waals surface area (Å²) in [6, 6.07) is 0. The van der Waals surface area contributed by atoms with Crippen molar-refractivity contribution in [3.8, 4) is 0 Å². The van der Waals surface area contributed by atoms with Crippen molar-refractivity contribution in [1.29, 1.82) is 0 Å². The van der Waals surface area contributed by atoms with E-state index < -0.39 is 10.4 Å². The van der Waals surface area contributed by atoms with Gasteiger partial charge in [0.05, 0.1) is 13.7 Å². The third-order valence-corrected chi connectivity index (χ3v) is 3.92. The molecule has 0 aliphatic carbocycles. The molecule has 0 unspecified atom stereocenters. The monoisotopic (exact) mass is 348 g/mol. The van der Waals surface area contributed by atoms with Crippen molar-refractivity contribution in [2.75, 3.05) is 6.61 Å². The predicted octanol–water partition coefficient (Wildman–Crippen LogP) is 3.01. The molecule has 0 bridgehead atoms. The van der Waals surface area contributed by atoms with Gasteiger partial charge in [-0.05, 0) is 12.8 Å². The van der Waals surface area contributed by atoms with E-state index >= 15 is 0 Å². The van der Waals surface area contributed by atoms with E-state index in [1.165, 1.54) is 44.3 Å². The van der Waals surface area contributed by atoms with Crippen LogP contribution >= 0.6 is 0 Å². The van der Waals surface area contributed by atoms with Crippen LogP contribution in [0.2, 0.25) is 0 Å². The highest BCUT2D eigenvalue weighted by molar-refractivity contribution is 7.80. The Balaban J connectivity index is 0.000000433. The van der Waals surface area contributed by atoms with Gasteiger partial charge in [-0.1, -0.05) is 52.4 Å². The van der Waals surface area contributed by atoms with Crippen LogP contribution in [0.5, 0.6) is 0 Å². The number of hydrogen-bond donors (Lipinski definition) is 1. The molecular formula is C16H32N2O4S. The molecule has 0 aliphatic rings. The molecule has 6 nitrogen and oxygen atoms in total. The summed E-state index contributed by atoms with van der Waals surface area (Å²) in [6.45, 7) is 4.37. The highest BCUT2D eigenvalue weighted by Crippen LogP contribution is 2.05. The summed E-state index contributed by atoms with van der Waals surface area (Å²) >= 11 is 0. The van der Waals surface area contributed by atoms with Gasteiger partial charge < -0.3 is 4.55 Å². The first-order chi connectivity index (χ1) is 10.9. The Morgan fingerprint density at radius 1 is 1.09 bits per heavy atom. The van der Waals surface area contributed by atoms with Crippen molar-refractivity contribution in [3.05, 3.63) is 18.2 Å². The number of unbranched alkanes of at least 4 members (excludes halogenated alkanes) is 6. The van der Waals surface area contributed by atoms with E-state index in [4.69, 9.17) is 0 Å². The molecule has 1 aromatic heterocycles. The van der Waals surface area contributed by atoms with E-state index in [9.17, 15) is 13.0 Å². The van der Waals surface area contributed by atoms with Gasteiger partial charge in [-0.15, -0.1) is 0 Å². The van der Waals surface area contributed by atoms with Crippen LogP contribution < -0.4 is 4.57 Å². The zero-order chi connectivity index (χ0) is 17.6. The van der Waals surface area contributed by atoms with Crippen LogP contribution in [0, 0.1) is 0 Å². The Labute approximate surface area is 141 Å². The van der Waals surface area contributed by atoms with Crippen LogP contribution in [0.25, 0.3) is 0 Å². The fraction of sp³-hybridized carbons (Fsp3) is 0.812. The Hall–Kier alpha value is -0.920. The van der Waals surface area contributed by atoms with Crippen molar-refractivity contribution in [2.24, 2.45) is 7.05 Å². The lowest BCUT2D eigenvalue weighted by Gasteiger charge is -2.06. The lowest BCUT2D eigenvalue weighted by atomic mass is 10.1. The van der Waals surface area contributed by atoms with Crippen molar-refractivity contribution in [3.63, 3.8) is 0 Å². The predicted molar refractivity (Wildman–Crippen MR) is 89.6 cm³/mol. The lowest BCUT2D eigenvalue weighted by molar-refractivity contribution is -0.677. The third-order valence-electron chi connectivity index (χ3n) is 3.47. The summed E-state index contributed by atoms with van der Waals surface area (Å²) in [5.41, 5.74) is 0. The van der Waals surface area contributed by atoms with Gasteiger partial charge in [0.15, 0.2) is 0 Å². The molecule has 23 heavy (non-hydrogen) atoms. The number of rotatable bonds is 11. The van der Waals surface area contributed by atoms with Crippen LogP contribution in [-0.2, 0) is 28.1 Å². The number of imidazole rings is 1. The molecule has 136 valence electrons. The molecule has 1 heterocycles. The minimum absolute atomic E-state index is 0.0258. The number of aromatic nitrogens is 2. The zero-order valence-electron chi connectivity index (χ0n) is 14.7. The summed E-state index contributed by atoms with van der Waals surface area (Å²) in [5, 5.41) is 0. The van der Waals surface area contributed by atoms with E-state index in [0.29, 0.717) is 6.42 Å². The van der Waals surface area contributed by atoms with E-state index in [2.05, 4.69) is 34.6 Å². The molecule has 0 spiro atoms. The third kappa shape index (κ3) is 14.4. The molecule has 0 saturated carbocycles. The Bertz CT molecular complexity index is 486. The fourth-order valence-electron chi connectivity index (χ4n) is 2.07. The summed E-state index contributed by atoms with van der Waals surface area (Å²) in [7, 11) is -2.40. The fourth-order valence-corrected chi connectivity index (χ4v) is 2.40. The Morgan fingerprint density at radius 2 is 1.70 bits per heavy atom. The second-order valence-electron chi connectivity index (χ2n) is 5.62. The summed E-state index contributed by atoms with van der Waals surface area (Å²) < 4.78 is 36.2. The normalized spacial score (nSPS) is 11.1. The van der Waals surface area contributed by atoms with Gasteiger partial charge in [0.2, 0.25) is 10.4 Å². The number of aromatic amines is 1. The minimum atomic E-state index is -4.47. The smallest absolute Gasteiger partial charge is 0.253 e. The summed E-state index contributed by atoms with van der Waals surface area (Å²) in [5.74, 6) is 1.32. The topological polar surface area (TPSA) is 86.1 Å². The molecule has 7 heteroatoms. The maximum Gasteiger partial charge on any atom is 0.253 e.